The van der Waals surface area contributed by atoms with Gasteiger partial charge in [-0.1, -0.05) is 11.6 Å². The first-order valence-corrected chi connectivity index (χ1v) is 4.66. The van der Waals surface area contributed by atoms with Crippen LogP contribution in [0, 0.1) is 0 Å². The smallest absolute Gasteiger partial charge is 0.369 e. The van der Waals surface area contributed by atoms with Crippen molar-refractivity contribution < 1.29 is 12.6 Å². The van der Waals surface area contributed by atoms with Gasteiger partial charge in [0.2, 0.25) is 0 Å². The maximum Gasteiger partial charge on any atom is 0.380 e. The van der Waals surface area contributed by atoms with Gasteiger partial charge in [-0.2, -0.15) is 13.6 Å². The average Bonchev–Trinajstić information content (AvgIpc) is 1.91. The minimum atomic E-state index is -4.01. The van der Waals surface area contributed by atoms with E-state index in [9.17, 15) is 8.42 Å². The lowest BCUT2D eigenvalue weighted by atomic mass is 10.5. The molecule has 0 radical (unpaired) electrons. The van der Waals surface area contributed by atoms with Crippen LogP contribution >= 0.6 is 11.6 Å². The Morgan fingerprint density at radius 1 is 1.58 bits per heavy atom. The third-order valence-corrected chi connectivity index (χ3v) is 1.64. The van der Waals surface area contributed by atoms with Crippen LogP contribution < -0.4 is 9.32 Å². The number of pyridine rings is 1. The highest BCUT2D eigenvalue weighted by molar-refractivity contribution is 7.84. The first-order chi connectivity index (χ1) is 5.49. The van der Waals surface area contributed by atoms with E-state index in [0.29, 0.717) is 0 Å². The van der Waals surface area contributed by atoms with E-state index >= 15 is 0 Å². The molecule has 0 amide bonds. The molecular weight excluding hydrogens is 204 g/mol. The normalized spacial score (nSPS) is 11.2. The molecule has 1 aromatic rings. The molecule has 0 unspecified atom stereocenters. The Balaban J connectivity index is 2.98. The van der Waals surface area contributed by atoms with Gasteiger partial charge in [0, 0.05) is 18.5 Å². The van der Waals surface area contributed by atoms with Crippen molar-refractivity contribution in [2.75, 3.05) is 0 Å². The topological polar surface area (TPSA) is 82.3 Å². The van der Waals surface area contributed by atoms with Crippen LogP contribution in [0.1, 0.15) is 0 Å². The van der Waals surface area contributed by atoms with E-state index in [0.717, 1.165) is 0 Å². The Hall–Kier alpha value is -0.850. The van der Waals surface area contributed by atoms with Crippen molar-refractivity contribution in [2.45, 2.75) is 0 Å². The maximum atomic E-state index is 10.4. The molecule has 0 atom stereocenters. The van der Waals surface area contributed by atoms with Gasteiger partial charge >= 0.3 is 10.3 Å². The number of aromatic nitrogens is 1. The van der Waals surface area contributed by atoms with Gasteiger partial charge in [-0.3, -0.25) is 4.98 Å². The van der Waals surface area contributed by atoms with E-state index in [2.05, 4.69) is 14.3 Å². The third kappa shape index (κ3) is 2.65. The second kappa shape index (κ2) is 3.26. The average molecular weight is 209 g/mol. The van der Waals surface area contributed by atoms with Gasteiger partial charge in [0.25, 0.3) is 0 Å². The Morgan fingerprint density at radius 2 is 2.25 bits per heavy atom. The molecule has 12 heavy (non-hydrogen) atoms. The lowest BCUT2D eigenvalue weighted by Crippen LogP contribution is -2.19. The fraction of sp³-hybridized carbons (Fsp3) is 0. The lowest BCUT2D eigenvalue weighted by Gasteiger charge is -2.02. The van der Waals surface area contributed by atoms with Gasteiger partial charge in [0.1, 0.15) is 5.02 Å². The molecule has 0 bridgehead atoms. The molecule has 0 saturated carbocycles. The standard InChI is InChI=1S/C5H5ClN2O3S/c6-4-3-8-2-1-5(4)11-12(7,9)10/h1-3H,(H2,7,9,10). The molecule has 0 spiro atoms. The fourth-order valence-electron chi connectivity index (χ4n) is 0.555. The predicted molar refractivity (Wildman–Crippen MR) is 43.0 cm³/mol. The zero-order chi connectivity index (χ0) is 9.19. The summed E-state index contributed by atoms with van der Waals surface area (Å²) in [6.07, 6.45) is 2.59. The van der Waals surface area contributed by atoms with Crippen LogP contribution in [0.25, 0.3) is 0 Å². The van der Waals surface area contributed by atoms with Gasteiger partial charge in [-0.05, 0) is 0 Å². The first kappa shape index (κ1) is 9.24. The van der Waals surface area contributed by atoms with Crippen molar-refractivity contribution in [2.24, 2.45) is 5.14 Å². The summed E-state index contributed by atoms with van der Waals surface area (Å²) in [4.78, 5) is 3.63. The van der Waals surface area contributed by atoms with Crippen molar-refractivity contribution in [1.82, 2.24) is 4.98 Å². The summed E-state index contributed by atoms with van der Waals surface area (Å²) >= 11 is 5.52. The summed E-state index contributed by atoms with van der Waals surface area (Å²) in [5, 5.41) is 4.70. The van der Waals surface area contributed by atoms with Crippen LogP contribution in [0.15, 0.2) is 18.5 Å². The lowest BCUT2D eigenvalue weighted by molar-refractivity contribution is 0.487. The molecular formula is C5H5ClN2O3S. The van der Waals surface area contributed by atoms with E-state index in [4.69, 9.17) is 11.6 Å². The fourth-order valence-corrected chi connectivity index (χ4v) is 1.15. The van der Waals surface area contributed by atoms with Crippen molar-refractivity contribution in [3.8, 4) is 5.75 Å². The molecule has 0 aliphatic carbocycles. The monoisotopic (exact) mass is 208 g/mol. The molecule has 0 fully saturated rings. The second-order valence-corrected chi connectivity index (χ2v) is 3.44. The molecule has 2 N–H and O–H groups in total. The van der Waals surface area contributed by atoms with E-state index < -0.39 is 10.3 Å². The van der Waals surface area contributed by atoms with Crippen LogP contribution in [-0.4, -0.2) is 13.4 Å². The summed E-state index contributed by atoms with van der Waals surface area (Å²) in [5.41, 5.74) is 0. The number of halogens is 1. The van der Waals surface area contributed by atoms with Crippen molar-refractivity contribution in [3.63, 3.8) is 0 Å². The van der Waals surface area contributed by atoms with Crippen molar-refractivity contribution in [1.29, 1.82) is 0 Å². The quantitative estimate of drug-likeness (QED) is 0.759. The van der Waals surface area contributed by atoms with E-state index in [1.165, 1.54) is 18.5 Å². The van der Waals surface area contributed by atoms with Crippen molar-refractivity contribution >= 4 is 21.9 Å². The zero-order valence-electron chi connectivity index (χ0n) is 5.77. The largest absolute Gasteiger partial charge is 0.380 e. The van der Waals surface area contributed by atoms with E-state index in [-0.39, 0.29) is 10.8 Å². The molecule has 1 rings (SSSR count). The van der Waals surface area contributed by atoms with Gasteiger partial charge in [0.05, 0.1) is 0 Å². The molecule has 1 aromatic heterocycles. The van der Waals surface area contributed by atoms with Crippen LogP contribution in [-0.2, 0) is 10.3 Å². The summed E-state index contributed by atoms with van der Waals surface area (Å²) in [6.45, 7) is 0. The Bertz CT molecular complexity index is 378. The highest BCUT2D eigenvalue weighted by atomic mass is 35.5. The summed E-state index contributed by atoms with van der Waals surface area (Å²) in [6, 6.07) is 1.30. The number of rotatable bonds is 2. The highest BCUT2D eigenvalue weighted by Gasteiger charge is 2.07. The molecule has 0 aliphatic rings. The second-order valence-electron chi connectivity index (χ2n) is 1.88. The number of nitrogens with zero attached hydrogens (tertiary/aromatic N) is 1. The summed E-state index contributed by atoms with van der Waals surface area (Å²) in [7, 11) is -4.01. The zero-order valence-corrected chi connectivity index (χ0v) is 7.34. The molecule has 0 aliphatic heterocycles. The first-order valence-electron chi connectivity index (χ1n) is 2.81. The van der Waals surface area contributed by atoms with E-state index in [1.807, 2.05) is 0 Å². The summed E-state index contributed by atoms with van der Waals surface area (Å²) in [5.74, 6) is -0.0332. The van der Waals surface area contributed by atoms with Gasteiger partial charge in [-0.25, -0.2) is 0 Å². The third-order valence-electron chi connectivity index (χ3n) is 0.941. The molecule has 0 aromatic carbocycles. The van der Waals surface area contributed by atoms with Gasteiger partial charge < -0.3 is 4.18 Å². The molecule has 7 heteroatoms. The minimum Gasteiger partial charge on any atom is -0.369 e. The van der Waals surface area contributed by atoms with Gasteiger partial charge in [-0.15, -0.1) is 0 Å². The number of hydrogen-bond donors (Lipinski definition) is 1. The van der Waals surface area contributed by atoms with Gasteiger partial charge in [0.15, 0.2) is 5.75 Å². The summed E-state index contributed by atoms with van der Waals surface area (Å²) < 4.78 is 25.2. The predicted octanol–water partition coefficient (Wildman–Crippen LogP) is 0.317. The molecule has 5 nitrogen and oxygen atoms in total. The number of hydrogen-bond acceptors (Lipinski definition) is 4. The minimum absolute atomic E-state index is 0.0332. The Morgan fingerprint density at radius 3 is 2.75 bits per heavy atom. The van der Waals surface area contributed by atoms with Crippen molar-refractivity contribution in [3.05, 3.63) is 23.5 Å². The van der Waals surface area contributed by atoms with E-state index in [1.54, 1.807) is 0 Å². The Kier molecular flexibility index (Phi) is 2.51. The highest BCUT2D eigenvalue weighted by Crippen LogP contribution is 2.22. The molecule has 1 heterocycles. The van der Waals surface area contributed by atoms with Crippen LogP contribution in [0.4, 0.5) is 0 Å². The van der Waals surface area contributed by atoms with Crippen LogP contribution in [0.3, 0.4) is 0 Å². The molecule has 66 valence electrons. The molecule has 0 saturated heterocycles. The maximum absolute atomic E-state index is 10.4. The SMILES string of the molecule is NS(=O)(=O)Oc1ccncc1Cl. The Labute approximate surface area is 74.4 Å². The van der Waals surface area contributed by atoms with Crippen LogP contribution in [0.5, 0.6) is 5.75 Å². The van der Waals surface area contributed by atoms with Crippen LogP contribution in [0.2, 0.25) is 5.02 Å². The number of nitrogens with two attached hydrogens (primary N) is 1.